The van der Waals surface area contributed by atoms with E-state index in [2.05, 4.69) is 33.0 Å². The molecule has 7 heteroatoms. The van der Waals surface area contributed by atoms with Crippen LogP contribution >= 0.6 is 11.6 Å². The summed E-state index contributed by atoms with van der Waals surface area (Å²) in [6, 6.07) is 23.9. The second-order valence-electron chi connectivity index (χ2n) is 9.69. The van der Waals surface area contributed by atoms with Crippen LogP contribution in [-0.2, 0) is 11.3 Å². The number of aryl methyl sites for hydroxylation is 1. The highest BCUT2D eigenvalue weighted by molar-refractivity contribution is 6.30. The van der Waals surface area contributed by atoms with Crippen molar-refractivity contribution < 1.29 is 4.79 Å². The van der Waals surface area contributed by atoms with Crippen molar-refractivity contribution in [2.45, 2.75) is 38.6 Å². The molecule has 0 radical (unpaired) electrons. The maximum atomic E-state index is 11.4. The number of nitrogens with one attached hydrogen (secondary N) is 1. The molecule has 1 amide bonds. The molecule has 188 valence electrons. The molecular weight excluding hydrogens is 482 g/mol. The minimum Gasteiger partial charge on any atom is -0.326 e. The standard InChI is InChI=1S/C30H30ClN5O/c1-21(37)33-27-5-2-4-25(19-27)23-12-16-35(17-13-23)14-3-15-36-29-18-22(20-32)6-11-28(29)34-30(36)24-7-9-26(31)10-8-24/h2,4-11,18-19,23H,3,12-17H2,1H3,(H,33,37). The van der Waals surface area contributed by atoms with Crippen molar-refractivity contribution in [3.63, 3.8) is 0 Å². The van der Waals surface area contributed by atoms with Crippen molar-refractivity contribution in [3.05, 3.63) is 82.9 Å². The Morgan fingerprint density at radius 3 is 2.59 bits per heavy atom. The summed E-state index contributed by atoms with van der Waals surface area (Å²) in [6.45, 7) is 5.49. The van der Waals surface area contributed by atoms with E-state index in [4.69, 9.17) is 16.6 Å². The molecule has 1 saturated heterocycles. The lowest BCUT2D eigenvalue weighted by Crippen LogP contribution is -2.34. The molecule has 1 aromatic heterocycles. The van der Waals surface area contributed by atoms with Gasteiger partial charge < -0.3 is 14.8 Å². The Kier molecular flexibility index (Phi) is 7.55. The average Bonchev–Trinajstić information content (AvgIpc) is 3.27. The molecule has 2 heterocycles. The number of fused-ring (bicyclic) bond motifs is 1. The van der Waals surface area contributed by atoms with Crippen molar-refractivity contribution in [1.82, 2.24) is 14.5 Å². The van der Waals surface area contributed by atoms with Crippen LogP contribution in [0.2, 0.25) is 5.02 Å². The van der Waals surface area contributed by atoms with Gasteiger partial charge in [0.2, 0.25) is 5.91 Å². The summed E-state index contributed by atoms with van der Waals surface area (Å²) in [5, 5.41) is 13.0. The SMILES string of the molecule is CC(=O)Nc1cccc(C2CCN(CCCn3c(-c4ccc(Cl)cc4)nc4ccc(C#N)cc43)CC2)c1. The summed E-state index contributed by atoms with van der Waals surface area (Å²) in [6.07, 6.45) is 3.21. The minimum absolute atomic E-state index is 0.0410. The predicted octanol–water partition coefficient (Wildman–Crippen LogP) is 6.46. The Bertz CT molecular complexity index is 1450. The van der Waals surface area contributed by atoms with E-state index in [-0.39, 0.29) is 5.91 Å². The molecule has 5 rings (SSSR count). The van der Waals surface area contributed by atoms with Crippen LogP contribution in [0.4, 0.5) is 5.69 Å². The smallest absolute Gasteiger partial charge is 0.221 e. The normalized spacial score (nSPS) is 14.5. The number of amides is 1. The molecule has 37 heavy (non-hydrogen) atoms. The van der Waals surface area contributed by atoms with E-state index in [1.807, 2.05) is 54.6 Å². The number of nitrogens with zero attached hydrogens (tertiary/aromatic N) is 4. The van der Waals surface area contributed by atoms with E-state index < -0.39 is 0 Å². The summed E-state index contributed by atoms with van der Waals surface area (Å²) in [5.41, 5.74) is 5.71. The number of nitriles is 1. The summed E-state index contributed by atoms with van der Waals surface area (Å²) < 4.78 is 2.24. The van der Waals surface area contributed by atoms with Gasteiger partial charge in [-0.2, -0.15) is 5.26 Å². The van der Waals surface area contributed by atoms with Crippen LogP contribution in [0.15, 0.2) is 66.7 Å². The van der Waals surface area contributed by atoms with Gasteiger partial charge in [-0.15, -0.1) is 0 Å². The van der Waals surface area contributed by atoms with Crippen molar-refractivity contribution >= 4 is 34.2 Å². The summed E-state index contributed by atoms with van der Waals surface area (Å²) >= 11 is 6.12. The Balaban J connectivity index is 1.25. The lowest BCUT2D eigenvalue weighted by atomic mass is 9.89. The molecule has 3 aromatic carbocycles. The van der Waals surface area contributed by atoms with E-state index in [1.165, 1.54) is 5.56 Å². The Morgan fingerprint density at radius 1 is 1.08 bits per heavy atom. The third-order valence-electron chi connectivity index (χ3n) is 7.10. The third-order valence-corrected chi connectivity index (χ3v) is 7.35. The quantitative estimate of drug-likeness (QED) is 0.309. The minimum atomic E-state index is -0.0410. The largest absolute Gasteiger partial charge is 0.326 e. The first kappa shape index (κ1) is 25.0. The van der Waals surface area contributed by atoms with Crippen LogP contribution in [0.1, 0.15) is 43.2 Å². The van der Waals surface area contributed by atoms with Crippen LogP contribution in [0.25, 0.3) is 22.4 Å². The van der Waals surface area contributed by atoms with E-state index in [9.17, 15) is 10.1 Å². The maximum Gasteiger partial charge on any atom is 0.221 e. The maximum absolute atomic E-state index is 11.4. The number of likely N-dealkylation sites (tertiary alicyclic amines) is 1. The van der Waals surface area contributed by atoms with Gasteiger partial charge in [0, 0.05) is 29.7 Å². The molecule has 1 aliphatic rings. The molecule has 4 aromatic rings. The number of hydrogen-bond donors (Lipinski definition) is 1. The highest BCUT2D eigenvalue weighted by Gasteiger charge is 2.21. The number of carbonyl (C=O) groups is 1. The summed E-state index contributed by atoms with van der Waals surface area (Å²) in [5.74, 6) is 1.38. The first-order chi connectivity index (χ1) is 18.0. The van der Waals surface area contributed by atoms with Crippen molar-refractivity contribution in [2.75, 3.05) is 25.0 Å². The number of rotatable bonds is 7. The van der Waals surface area contributed by atoms with E-state index in [0.29, 0.717) is 16.5 Å². The fraction of sp³-hybridized carbons (Fsp3) is 0.300. The van der Waals surface area contributed by atoms with Crippen LogP contribution in [-0.4, -0.2) is 40.0 Å². The van der Waals surface area contributed by atoms with Crippen LogP contribution in [0.5, 0.6) is 0 Å². The molecular formula is C30H30ClN5O. The fourth-order valence-electron chi connectivity index (χ4n) is 5.25. The zero-order chi connectivity index (χ0) is 25.8. The Labute approximate surface area is 222 Å². The van der Waals surface area contributed by atoms with Gasteiger partial charge in [0.05, 0.1) is 22.7 Å². The zero-order valence-corrected chi connectivity index (χ0v) is 21.7. The molecule has 0 bridgehead atoms. The average molecular weight is 512 g/mol. The van der Waals surface area contributed by atoms with Gasteiger partial charge >= 0.3 is 0 Å². The topological polar surface area (TPSA) is 74.0 Å². The van der Waals surface area contributed by atoms with Crippen LogP contribution in [0, 0.1) is 11.3 Å². The number of imidazole rings is 1. The highest BCUT2D eigenvalue weighted by Crippen LogP contribution is 2.30. The second-order valence-corrected chi connectivity index (χ2v) is 10.1. The molecule has 0 unspecified atom stereocenters. The van der Waals surface area contributed by atoms with Gasteiger partial charge in [0.1, 0.15) is 5.82 Å². The van der Waals surface area contributed by atoms with Gasteiger partial charge in [-0.25, -0.2) is 4.98 Å². The Hall–Kier alpha value is -3.66. The fourth-order valence-corrected chi connectivity index (χ4v) is 5.38. The van der Waals surface area contributed by atoms with Gasteiger partial charge in [-0.3, -0.25) is 4.79 Å². The van der Waals surface area contributed by atoms with E-state index in [1.54, 1.807) is 6.92 Å². The predicted molar refractivity (Wildman–Crippen MR) is 149 cm³/mol. The van der Waals surface area contributed by atoms with E-state index >= 15 is 0 Å². The lowest BCUT2D eigenvalue weighted by molar-refractivity contribution is -0.114. The molecule has 0 atom stereocenters. The number of piperidine rings is 1. The monoisotopic (exact) mass is 511 g/mol. The third kappa shape index (κ3) is 5.85. The molecule has 1 aliphatic heterocycles. The lowest BCUT2D eigenvalue weighted by Gasteiger charge is -2.32. The molecule has 0 aliphatic carbocycles. The van der Waals surface area contributed by atoms with Gasteiger partial charge in [0.15, 0.2) is 0 Å². The second kappa shape index (κ2) is 11.2. The molecule has 0 spiro atoms. The van der Waals surface area contributed by atoms with Crippen LogP contribution in [0.3, 0.4) is 0 Å². The molecule has 1 fully saturated rings. The van der Waals surface area contributed by atoms with Crippen molar-refractivity contribution in [2.24, 2.45) is 0 Å². The van der Waals surface area contributed by atoms with Crippen LogP contribution < -0.4 is 5.32 Å². The summed E-state index contributed by atoms with van der Waals surface area (Å²) in [7, 11) is 0. The number of anilines is 1. The zero-order valence-electron chi connectivity index (χ0n) is 21.0. The first-order valence-electron chi connectivity index (χ1n) is 12.8. The van der Waals surface area contributed by atoms with Crippen molar-refractivity contribution in [3.8, 4) is 17.5 Å². The van der Waals surface area contributed by atoms with Gasteiger partial charge in [-0.1, -0.05) is 23.7 Å². The summed E-state index contributed by atoms with van der Waals surface area (Å²) in [4.78, 5) is 18.8. The number of hydrogen-bond acceptors (Lipinski definition) is 4. The molecule has 6 nitrogen and oxygen atoms in total. The number of aromatic nitrogens is 2. The van der Waals surface area contributed by atoms with E-state index in [0.717, 1.165) is 73.6 Å². The number of carbonyl (C=O) groups excluding carboxylic acids is 1. The number of halogens is 1. The first-order valence-corrected chi connectivity index (χ1v) is 13.1. The molecule has 1 N–H and O–H groups in total. The van der Waals surface area contributed by atoms with Gasteiger partial charge in [0.25, 0.3) is 0 Å². The highest BCUT2D eigenvalue weighted by atomic mass is 35.5. The van der Waals surface area contributed by atoms with Gasteiger partial charge in [-0.05, 0) is 105 Å². The Morgan fingerprint density at radius 2 is 1.86 bits per heavy atom. The molecule has 0 saturated carbocycles. The number of benzene rings is 3. The van der Waals surface area contributed by atoms with Crippen molar-refractivity contribution in [1.29, 1.82) is 5.26 Å².